The predicted octanol–water partition coefficient (Wildman–Crippen LogP) is 2.13. The van der Waals surface area contributed by atoms with Crippen molar-refractivity contribution in [1.82, 2.24) is 0 Å². The molecule has 18 heavy (non-hydrogen) atoms. The first kappa shape index (κ1) is 12.9. The lowest BCUT2D eigenvalue weighted by Gasteiger charge is -2.30. The number of aromatic carboxylic acids is 1. The Morgan fingerprint density at radius 3 is 2.56 bits per heavy atom. The number of rotatable bonds is 3. The van der Waals surface area contributed by atoms with Gasteiger partial charge >= 0.3 is 5.97 Å². The molecule has 0 aromatic heterocycles. The third kappa shape index (κ3) is 2.82. The van der Waals surface area contributed by atoms with Crippen molar-refractivity contribution in [2.75, 3.05) is 18.1 Å². The molecule has 1 atom stereocenters. The van der Waals surface area contributed by atoms with Crippen molar-refractivity contribution < 1.29 is 15.0 Å². The Kier molecular flexibility index (Phi) is 4.20. The van der Waals surface area contributed by atoms with Gasteiger partial charge in [-0.15, -0.1) is 0 Å². The molecule has 1 aromatic rings. The van der Waals surface area contributed by atoms with Crippen molar-refractivity contribution in [3.8, 4) is 0 Å². The molecular weight excluding hydrogens is 230 g/mol. The van der Waals surface area contributed by atoms with Crippen LogP contribution in [0, 0.1) is 0 Å². The second-order valence-electron chi connectivity index (χ2n) is 4.73. The van der Waals surface area contributed by atoms with E-state index in [0.29, 0.717) is 5.56 Å². The van der Waals surface area contributed by atoms with Gasteiger partial charge in [0.1, 0.15) is 0 Å². The summed E-state index contributed by atoms with van der Waals surface area (Å²) in [7, 11) is 0. The van der Waals surface area contributed by atoms with Gasteiger partial charge in [-0.05, 0) is 37.1 Å². The van der Waals surface area contributed by atoms with Crippen molar-refractivity contribution >= 4 is 11.7 Å². The minimum Gasteiger partial charge on any atom is -0.478 e. The molecule has 4 heteroatoms. The van der Waals surface area contributed by atoms with Crippen LogP contribution >= 0.6 is 0 Å². The zero-order valence-corrected chi connectivity index (χ0v) is 10.4. The lowest BCUT2D eigenvalue weighted by Crippen LogP contribution is -2.37. The molecule has 0 amide bonds. The van der Waals surface area contributed by atoms with Gasteiger partial charge < -0.3 is 15.1 Å². The molecule has 1 saturated heterocycles. The van der Waals surface area contributed by atoms with Crippen LogP contribution in [0.4, 0.5) is 5.69 Å². The number of anilines is 1. The zero-order valence-electron chi connectivity index (χ0n) is 10.4. The molecule has 1 fully saturated rings. The summed E-state index contributed by atoms with van der Waals surface area (Å²) in [6.45, 7) is 1.08. The Bertz CT molecular complexity index is 402. The van der Waals surface area contributed by atoms with E-state index in [2.05, 4.69) is 4.90 Å². The van der Waals surface area contributed by atoms with Crippen LogP contribution in [0.15, 0.2) is 24.3 Å². The van der Waals surface area contributed by atoms with Gasteiger partial charge in [0.25, 0.3) is 0 Å². The fourth-order valence-electron chi connectivity index (χ4n) is 2.50. The maximum absolute atomic E-state index is 10.8. The summed E-state index contributed by atoms with van der Waals surface area (Å²) in [6, 6.07) is 7.06. The number of carbonyl (C=O) groups is 1. The second-order valence-corrected chi connectivity index (χ2v) is 4.73. The second kappa shape index (κ2) is 5.87. The van der Waals surface area contributed by atoms with Crippen LogP contribution < -0.4 is 4.90 Å². The number of hydrogen-bond donors (Lipinski definition) is 2. The van der Waals surface area contributed by atoms with E-state index in [0.717, 1.165) is 31.5 Å². The number of benzene rings is 1. The number of aliphatic hydroxyl groups excluding tert-OH is 1. The first-order chi connectivity index (χ1) is 8.72. The van der Waals surface area contributed by atoms with E-state index in [9.17, 15) is 9.90 Å². The topological polar surface area (TPSA) is 60.8 Å². The minimum atomic E-state index is -0.906. The molecule has 98 valence electrons. The van der Waals surface area contributed by atoms with Gasteiger partial charge in [0.05, 0.1) is 18.2 Å². The van der Waals surface area contributed by atoms with Crippen LogP contribution in [-0.2, 0) is 0 Å². The van der Waals surface area contributed by atoms with Crippen LogP contribution in [-0.4, -0.2) is 35.4 Å². The van der Waals surface area contributed by atoms with Crippen LogP contribution in [0.25, 0.3) is 0 Å². The fourth-order valence-corrected chi connectivity index (χ4v) is 2.50. The van der Waals surface area contributed by atoms with Crippen molar-refractivity contribution in [2.24, 2.45) is 0 Å². The molecule has 0 saturated carbocycles. The summed E-state index contributed by atoms with van der Waals surface area (Å²) in [5.41, 5.74) is 1.30. The van der Waals surface area contributed by atoms with Gasteiger partial charge in [0.2, 0.25) is 0 Å². The fraction of sp³-hybridized carbons (Fsp3) is 0.500. The maximum atomic E-state index is 10.8. The van der Waals surface area contributed by atoms with E-state index >= 15 is 0 Å². The highest BCUT2D eigenvalue weighted by atomic mass is 16.4. The Morgan fingerprint density at radius 1 is 1.22 bits per heavy atom. The molecular formula is C14H19NO3. The van der Waals surface area contributed by atoms with Crippen molar-refractivity contribution in [2.45, 2.75) is 31.7 Å². The summed E-state index contributed by atoms with van der Waals surface area (Å²) >= 11 is 0. The SMILES string of the molecule is O=C(O)c1ccc(N2CCCCCC2CO)cc1. The zero-order chi connectivity index (χ0) is 13.0. The third-order valence-electron chi connectivity index (χ3n) is 3.53. The van der Waals surface area contributed by atoms with Crippen LogP contribution in [0.5, 0.6) is 0 Å². The smallest absolute Gasteiger partial charge is 0.335 e. The normalized spacial score (nSPS) is 20.5. The predicted molar refractivity (Wildman–Crippen MR) is 70.1 cm³/mol. The molecule has 1 aromatic carbocycles. The minimum absolute atomic E-state index is 0.153. The van der Waals surface area contributed by atoms with E-state index in [1.807, 2.05) is 12.1 Å². The summed E-state index contributed by atoms with van der Waals surface area (Å²) in [5, 5.41) is 18.3. The van der Waals surface area contributed by atoms with E-state index in [4.69, 9.17) is 5.11 Å². The lowest BCUT2D eigenvalue weighted by molar-refractivity contribution is 0.0697. The van der Waals surface area contributed by atoms with Crippen molar-refractivity contribution in [3.05, 3.63) is 29.8 Å². The van der Waals surface area contributed by atoms with Crippen LogP contribution in [0.1, 0.15) is 36.0 Å². The number of carboxylic acid groups (broad SMARTS) is 1. The van der Waals surface area contributed by atoms with Gasteiger partial charge in [0, 0.05) is 12.2 Å². The molecule has 4 nitrogen and oxygen atoms in total. The maximum Gasteiger partial charge on any atom is 0.335 e. The summed E-state index contributed by atoms with van der Waals surface area (Å²) in [6.07, 6.45) is 4.46. The monoisotopic (exact) mass is 249 g/mol. The Morgan fingerprint density at radius 2 is 1.94 bits per heavy atom. The molecule has 2 N–H and O–H groups in total. The molecule has 0 spiro atoms. The molecule has 0 bridgehead atoms. The van der Waals surface area contributed by atoms with E-state index in [1.165, 1.54) is 6.42 Å². The van der Waals surface area contributed by atoms with E-state index < -0.39 is 5.97 Å². The Labute approximate surface area is 107 Å². The number of nitrogens with zero attached hydrogens (tertiary/aromatic N) is 1. The third-order valence-corrected chi connectivity index (χ3v) is 3.53. The summed E-state index contributed by atoms with van der Waals surface area (Å²) in [5.74, 6) is -0.906. The van der Waals surface area contributed by atoms with Gasteiger partial charge in [-0.25, -0.2) is 4.79 Å². The standard InChI is InChI=1S/C14H19NO3/c16-10-13-4-2-1-3-9-15(13)12-7-5-11(6-8-12)14(17)18/h5-8,13,16H,1-4,9-10H2,(H,17,18). The van der Waals surface area contributed by atoms with Gasteiger partial charge in [-0.2, -0.15) is 0 Å². The van der Waals surface area contributed by atoms with Crippen LogP contribution in [0.2, 0.25) is 0 Å². The summed E-state index contributed by atoms with van der Waals surface area (Å²) < 4.78 is 0. The molecule has 1 heterocycles. The van der Waals surface area contributed by atoms with Gasteiger partial charge in [-0.1, -0.05) is 12.8 Å². The Hall–Kier alpha value is -1.55. The molecule has 1 aliphatic rings. The van der Waals surface area contributed by atoms with Gasteiger partial charge in [0.15, 0.2) is 0 Å². The number of carboxylic acids is 1. The highest BCUT2D eigenvalue weighted by molar-refractivity contribution is 5.88. The lowest BCUT2D eigenvalue weighted by atomic mass is 10.1. The average molecular weight is 249 g/mol. The molecule has 0 aliphatic carbocycles. The Balaban J connectivity index is 2.19. The number of hydrogen-bond acceptors (Lipinski definition) is 3. The molecule has 2 rings (SSSR count). The quantitative estimate of drug-likeness (QED) is 0.861. The first-order valence-electron chi connectivity index (χ1n) is 6.43. The summed E-state index contributed by atoms with van der Waals surface area (Å²) in [4.78, 5) is 13.0. The molecule has 1 aliphatic heterocycles. The highest BCUT2D eigenvalue weighted by Gasteiger charge is 2.20. The molecule has 0 radical (unpaired) electrons. The van der Waals surface area contributed by atoms with Crippen molar-refractivity contribution in [1.29, 1.82) is 0 Å². The number of aliphatic hydroxyl groups is 1. The van der Waals surface area contributed by atoms with Gasteiger partial charge in [-0.3, -0.25) is 0 Å². The largest absolute Gasteiger partial charge is 0.478 e. The molecule has 1 unspecified atom stereocenters. The van der Waals surface area contributed by atoms with Crippen molar-refractivity contribution in [3.63, 3.8) is 0 Å². The van der Waals surface area contributed by atoms with E-state index in [1.54, 1.807) is 12.1 Å². The van der Waals surface area contributed by atoms with Crippen LogP contribution in [0.3, 0.4) is 0 Å². The first-order valence-corrected chi connectivity index (χ1v) is 6.43. The highest BCUT2D eigenvalue weighted by Crippen LogP contribution is 2.24. The average Bonchev–Trinajstić information content (AvgIpc) is 2.63. The van der Waals surface area contributed by atoms with E-state index in [-0.39, 0.29) is 12.6 Å².